The Morgan fingerprint density at radius 3 is 3.00 bits per heavy atom. The molecule has 1 heterocycles. The van der Waals surface area contributed by atoms with Crippen LogP contribution in [0.2, 0.25) is 0 Å². The van der Waals surface area contributed by atoms with Crippen LogP contribution < -0.4 is 5.32 Å². The van der Waals surface area contributed by atoms with Gasteiger partial charge in [0.2, 0.25) is 0 Å². The van der Waals surface area contributed by atoms with Crippen LogP contribution >= 0.6 is 0 Å². The van der Waals surface area contributed by atoms with Crippen LogP contribution in [0.1, 0.15) is 12.8 Å². The molecular formula is C8H13NO2. The molecule has 3 nitrogen and oxygen atoms in total. The van der Waals surface area contributed by atoms with Gasteiger partial charge in [0.05, 0.1) is 12.5 Å². The fourth-order valence-electron chi connectivity index (χ4n) is 2.24. The number of esters is 1. The second-order valence-electron chi connectivity index (χ2n) is 3.51. The zero-order valence-corrected chi connectivity index (χ0v) is 6.72. The quantitative estimate of drug-likeness (QED) is 0.548. The van der Waals surface area contributed by atoms with Crippen LogP contribution in [0.25, 0.3) is 0 Å². The Balaban J connectivity index is 2.15. The molecule has 0 aromatic carbocycles. The Morgan fingerprint density at radius 2 is 2.55 bits per heavy atom. The summed E-state index contributed by atoms with van der Waals surface area (Å²) in [4.78, 5) is 11.3. The molecule has 1 N–H and O–H groups in total. The summed E-state index contributed by atoms with van der Waals surface area (Å²) in [6, 6.07) is 0. The highest BCUT2D eigenvalue weighted by molar-refractivity contribution is 5.79. The fourth-order valence-corrected chi connectivity index (χ4v) is 2.24. The summed E-state index contributed by atoms with van der Waals surface area (Å²) in [5, 5.41) is 3.24. The number of ether oxygens (including phenoxy) is 1. The number of rotatable bonds is 1. The number of hydrogen-bond acceptors (Lipinski definition) is 3. The largest absolute Gasteiger partial charge is 0.469 e. The Bertz CT molecular complexity index is 193. The predicted octanol–water partition coefficient (Wildman–Crippen LogP) is 0.159. The van der Waals surface area contributed by atoms with E-state index in [1.54, 1.807) is 0 Å². The SMILES string of the molecule is COC(=O)[C@]12CC[C@H]1CNC2. The maximum atomic E-state index is 11.3. The van der Waals surface area contributed by atoms with Gasteiger partial charge >= 0.3 is 5.97 Å². The van der Waals surface area contributed by atoms with Crippen molar-refractivity contribution in [1.82, 2.24) is 5.32 Å². The van der Waals surface area contributed by atoms with Gasteiger partial charge < -0.3 is 10.1 Å². The van der Waals surface area contributed by atoms with Crippen molar-refractivity contribution < 1.29 is 9.53 Å². The van der Waals surface area contributed by atoms with Crippen LogP contribution in [0.15, 0.2) is 0 Å². The molecule has 0 unspecified atom stereocenters. The highest BCUT2D eigenvalue weighted by Crippen LogP contribution is 2.49. The average molecular weight is 155 g/mol. The van der Waals surface area contributed by atoms with E-state index in [9.17, 15) is 4.79 Å². The molecule has 0 bridgehead atoms. The molecule has 0 amide bonds. The lowest BCUT2D eigenvalue weighted by Crippen LogP contribution is -2.46. The van der Waals surface area contributed by atoms with Gasteiger partial charge in [-0.25, -0.2) is 0 Å². The van der Waals surface area contributed by atoms with Gasteiger partial charge in [0.15, 0.2) is 0 Å². The minimum atomic E-state index is -0.130. The van der Waals surface area contributed by atoms with Gasteiger partial charge in [-0.3, -0.25) is 4.79 Å². The van der Waals surface area contributed by atoms with Crippen molar-refractivity contribution in [2.24, 2.45) is 11.3 Å². The molecule has 1 saturated heterocycles. The van der Waals surface area contributed by atoms with Gasteiger partial charge in [0.25, 0.3) is 0 Å². The average Bonchev–Trinajstić information content (AvgIpc) is 2.27. The topological polar surface area (TPSA) is 38.3 Å². The molecule has 2 fully saturated rings. The third-order valence-corrected chi connectivity index (χ3v) is 3.14. The number of nitrogens with one attached hydrogen (secondary N) is 1. The number of carbonyl (C=O) groups excluding carboxylic acids is 1. The Hall–Kier alpha value is -0.570. The van der Waals surface area contributed by atoms with Crippen molar-refractivity contribution in [3.05, 3.63) is 0 Å². The highest BCUT2D eigenvalue weighted by atomic mass is 16.5. The number of methoxy groups -OCH3 is 1. The predicted molar refractivity (Wildman–Crippen MR) is 40.0 cm³/mol. The minimum absolute atomic E-state index is 0.0150. The fraction of sp³-hybridized carbons (Fsp3) is 0.875. The zero-order valence-electron chi connectivity index (χ0n) is 6.72. The van der Waals surface area contributed by atoms with Crippen LogP contribution in [-0.2, 0) is 9.53 Å². The first-order chi connectivity index (χ1) is 5.29. The van der Waals surface area contributed by atoms with Gasteiger partial charge in [-0.05, 0) is 25.3 Å². The third-order valence-electron chi connectivity index (χ3n) is 3.14. The molecule has 2 rings (SSSR count). The van der Waals surface area contributed by atoms with Crippen LogP contribution in [-0.4, -0.2) is 26.2 Å². The van der Waals surface area contributed by atoms with E-state index in [-0.39, 0.29) is 11.4 Å². The summed E-state index contributed by atoms with van der Waals surface area (Å²) in [5.74, 6) is 0.536. The molecule has 1 aliphatic carbocycles. The van der Waals surface area contributed by atoms with Crippen LogP contribution in [0, 0.1) is 11.3 Å². The Kier molecular flexibility index (Phi) is 1.42. The lowest BCUT2D eigenvalue weighted by Gasteiger charge is -2.40. The van der Waals surface area contributed by atoms with E-state index in [0.717, 1.165) is 19.5 Å². The summed E-state index contributed by atoms with van der Waals surface area (Å²) in [5.41, 5.74) is -0.130. The van der Waals surface area contributed by atoms with E-state index < -0.39 is 0 Å². The van der Waals surface area contributed by atoms with Crippen LogP contribution in [0.5, 0.6) is 0 Å². The lowest BCUT2D eigenvalue weighted by molar-refractivity contribution is -0.160. The summed E-state index contributed by atoms with van der Waals surface area (Å²) in [6.07, 6.45) is 2.19. The molecule has 11 heavy (non-hydrogen) atoms. The van der Waals surface area contributed by atoms with Crippen molar-refractivity contribution in [2.45, 2.75) is 12.8 Å². The summed E-state index contributed by atoms with van der Waals surface area (Å²) in [6.45, 7) is 1.82. The molecule has 0 aromatic rings. The molecule has 0 spiro atoms. The van der Waals surface area contributed by atoms with Crippen molar-refractivity contribution in [1.29, 1.82) is 0 Å². The first-order valence-corrected chi connectivity index (χ1v) is 4.09. The van der Waals surface area contributed by atoms with Gasteiger partial charge in [0.1, 0.15) is 0 Å². The third kappa shape index (κ3) is 0.745. The van der Waals surface area contributed by atoms with E-state index in [0.29, 0.717) is 5.92 Å². The Labute approximate surface area is 66.1 Å². The second-order valence-corrected chi connectivity index (χ2v) is 3.51. The molecule has 62 valence electrons. The first-order valence-electron chi connectivity index (χ1n) is 4.09. The normalized spacial score (nSPS) is 41.0. The van der Waals surface area contributed by atoms with E-state index in [2.05, 4.69) is 5.32 Å². The van der Waals surface area contributed by atoms with Gasteiger partial charge in [-0.15, -0.1) is 0 Å². The lowest BCUT2D eigenvalue weighted by atomic mass is 9.62. The van der Waals surface area contributed by atoms with E-state index in [1.165, 1.54) is 13.5 Å². The van der Waals surface area contributed by atoms with E-state index in [1.807, 2.05) is 0 Å². The summed E-state index contributed by atoms with van der Waals surface area (Å²) >= 11 is 0. The molecule has 0 aromatic heterocycles. The number of carbonyl (C=O) groups is 1. The molecule has 2 atom stereocenters. The second kappa shape index (κ2) is 2.21. The van der Waals surface area contributed by atoms with Gasteiger partial charge in [-0.2, -0.15) is 0 Å². The number of fused-ring (bicyclic) bond motifs is 1. The van der Waals surface area contributed by atoms with Crippen molar-refractivity contribution in [3.63, 3.8) is 0 Å². The van der Waals surface area contributed by atoms with Crippen LogP contribution in [0.4, 0.5) is 0 Å². The standard InChI is InChI=1S/C8H13NO2/c1-11-7(10)8-3-2-6(8)4-9-5-8/h6,9H,2-5H2,1H3/t6-,8-/m0/s1. The smallest absolute Gasteiger partial charge is 0.313 e. The molecule has 2 aliphatic rings. The van der Waals surface area contributed by atoms with Gasteiger partial charge in [0, 0.05) is 6.54 Å². The maximum Gasteiger partial charge on any atom is 0.313 e. The summed E-state index contributed by atoms with van der Waals surface area (Å²) < 4.78 is 4.78. The number of hydrogen-bond donors (Lipinski definition) is 1. The highest BCUT2D eigenvalue weighted by Gasteiger charge is 2.56. The monoisotopic (exact) mass is 155 g/mol. The molecule has 1 saturated carbocycles. The Morgan fingerprint density at radius 1 is 1.73 bits per heavy atom. The van der Waals surface area contributed by atoms with Crippen molar-refractivity contribution in [2.75, 3.05) is 20.2 Å². The van der Waals surface area contributed by atoms with Gasteiger partial charge in [-0.1, -0.05) is 0 Å². The first kappa shape index (κ1) is 7.10. The summed E-state index contributed by atoms with van der Waals surface area (Å²) in [7, 11) is 1.48. The van der Waals surface area contributed by atoms with Crippen LogP contribution in [0.3, 0.4) is 0 Å². The molecule has 1 aliphatic heterocycles. The van der Waals surface area contributed by atoms with E-state index in [4.69, 9.17) is 4.74 Å². The van der Waals surface area contributed by atoms with E-state index >= 15 is 0 Å². The molecule has 0 radical (unpaired) electrons. The minimum Gasteiger partial charge on any atom is -0.469 e. The zero-order chi connectivity index (χ0) is 7.90. The van der Waals surface area contributed by atoms with Crippen molar-refractivity contribution in [3.8, 4) is 0 Å². The molecular weight excluding hydrogens is 142 g/mol. The molecule has 3 heteroatoms. The maximum absolute atomic E-state index is 11.3. The van der Waals surface area contributed by atoms with Crippen molar-refractivity contribution >= 4 is 5.97 Å².